The van der Waals surface area contributed by atoms with Crippen molar-refractivity contribution in [3.63, 3.8) is 0 Å². The summed E-state index contributed by atoms with van der Waals surface area (Å²) in [5.41, 5.74) is 0.330. The number of nitro groups is 1. The van der Waals surface area contributed by atoms with Crippen LogP contribution in [-0.2, 0) is 4.79 Å². The van der Waals surface area contributed by atoms with Crippen LogP contribution >= 0.6 is 0 Å². The number of carbonyl (C=O) groups is 1. The average molecular weight is 365 g/mol. The van der Waals surface area contributed by atoms with Crippen molar-refractivity contribution in [3.05, 3.63) is 63.7 Å². The number of hydrogen-bond donors (Lipinski definition) is 2. The number of halogens is 2. The lowest BCUT2D eigenvalue weighted by atomic mass is 10.1. The Balaban J connectivity index is 1.99. The van der Waals surface area contributed by atoms with Crippen LogP contribution in [0.4, 0.5) is 20.2 Å². The van der Waals surface area contributed by atoms with Crippen molar-refractivity contribution < 1.29 is 23.2 Å². The largest absolute Gasteiger partial charge is 0.494 e. The van der Waals surface area contributed by atoms with Crippen LogP contribution in [-0.4, -0.2) is 24.5 Å². The quantitative estimate of drug-likeness (QED) is 0.581. The summed E-state index contributed by atoms with van der Waals surface area (Å²) in [6.45, 7) is 1.48. The van der Waals surface area contributed by atoms with Gasteiger partial charge in [-0.25, -0.2) is 8.78 Å². The molecule has 0 aliphatic rings. The Hall–Kier alpha value is -3.07. The predicted octanol–water partition coefficient (Wildman–Crippen LogP) is 3.17. The van der Waals surface area contributed by atoms with Crippen molar-refractivity contribution in [2.24, 2.45) is 0 Å². The molecule has 2 rings (SSSR count). The van der Waals surface area contributed by atoms with Crippen molar-refractivity contribution in [1.82, 2.24) is 5.32 Å². The Morgan fingerprint density at radius 3 is 2.62 bits per heavy atom. The highest BCUT2D eigenvalue weighted by atomic mass is 19.1. The van der Waals surface area contributed by atoms with Crippen LogP contribution in [0.25, 0.3) is 0 Å². The Morgan fingerprint density at radius 2 is 2.00 bits per heavy atom. The van der Waals surface area contributed by atoms with E-state index in [1.807, 2.05) is 0 Å². The van der Waals surface area contributed by atoms with Crippen molar-refractivity contribution in [2.45, 2.75) is 13.0 Å². The number of anilines is 1. The van der Waals surface area contributed by atoms with Gasteiger partial charge in [0.1, 0.15) is 17.4 Å². The lowest BCUT2D eigenvalue weighted by Gasteiger charge is -2.15. The number of amides is 1. The van der Waals surface area contributed by atoms with E-state index in [-0.39, 0.29) is 29.2 Å². The number of nitrogens with one attached hydrogen (secondary N) is 2. The number of nitrogens with zero attached hydrogens (tertiary/aromatic N) is 1. The third kappa shape index (κ3) is 4.73. The van der Waals surface area contributed by atoms with Gasteiger partial charge >= 0.3 is 0 Å². The average Bonchev–Trinajstić information content (AvgIpc) is 2.59. The van der Waals surface area contributed by atoms with E-state index in [1.165, 1.54) is 31.4 Å². The number of benzene rings is 2. The normalized spacial score (nSPS) is 11.7. The molecule has 0 spiro atoms. The van der Waals surface area contributed by atoms with E-state index in [1.54, 1.807) is 6.92 Å². The summed E-state index contributed by atoms with van der Waals surface area (Å²) in [4.78, 5) is 22.2. The molecule has 0 aromatic heterocycles. The van der Waals surface area contributed by atoms with E-state index in [9.17, 15) is 23.7 Å². The number of non-ortho nitro benzene ring substituents is 1. The Morgan fingerprint density at radius 1 is 1.27 bits per heavy atom. The van der Waals surface area contributed by atoms with E-state index >= 15 is 0 Å². The lowest BCUT2D eigenvalue weighted by molar-refractivity contribution is -0.384. The van der Waals surface area contributed by atoms with Crippen LogP contribution in [0.15, 0.2) is 36.4 Å². The van der Waals surface area contributed by atoms with Gasteiger partial charge in [-0.3, -0.25) is 14.9 Å². The number of nitro benzene ring substituents is 1. The van der Waals surface area contributed by atoms with Gasteiger partial charge in [0.15, 0.2) is 0 Å². The molecular formula is C17H17F2N3O4. The third-order valence-corrected chi connectivity index (χ3v) is 3.67. The molecule has 1 atom stereocenters. The molecule has 1 amide bonds. The molecule has 0 unspecified atom stereocenters. The fraction of sp³-hybridized carbons (Fsp3) is 0.235. The lowest BCUT2D eigenvalue weighted by Crippen LogP contribution is -2.30. The molecule has 0 fully saturated rings. The molecule has 26 heavy (non-hydrogen) atoms. The number of carbonyl (C=O) groups excluding carboxylic acids is 1. The molecule has 0 saturated heterocycles. The summed E-state index contributed by atoms with van der Waals surface area (Å²) in [5.74, 6) is -1.69. The van der Waals surface area contributed by atoms with Gasteiger partial charge in [-0.2, -0.15) is 0 Å². The molecule has 7 nitrogen and oxygen atoms in total. The van der Waals surface area contributed by atoms with Crippen LogP contribution in [0, 0.1) is 21.7 Å². The smallest absolute Gasteiger partial charge is 0.273 e. The SMILES string of the molecule is COc1cc([N+](=O)[O-])ccc1NC(=O)CN[C@H](C)c1ccc(F)cc1F. The Kier molecular flexibility index (Phi) is 6.18. The Bertz CT molecular complexity index is 830. The van der Waals surface area contributed by atoms with Crippen LogP contribution in [0.3, 0.4) is 0 Å². The minimum atomic E-state index is -0.706. The van der Waals surface area contributed by atoms with Gasteiger partial charge < -0.3 is 15.4 Å². The standard InChI is InChI=1S/C17H17F2N3O4/c1-10(13-5-3-11(18)7-14(13)19)20-9-17(23)21-15-6-4-12(22(24)25)8-16(15)26-2/h3-8,10,20H,9H2,1-2H3,(H,21,23)/t10-/m1/s1. The van der Waals surface area contributed by atoms with Crippen LogP contribution < -0.4 is 15.4 Å². The summed E-state index contributed by atoms with van der Waals surface area (Å²) in [5, 5.41) is 16.1. The highest BCUT2D eigenvalue weighted by molar-refractivity contribution is 5.93. The maximum atomic E-state index is 13.7. The van der Waals surface area contributed by atoms with E-state index in [0.717, 1.165) is 12.1 Å². The minimum absolute atomic E-state index is 0.144. The monoisotopic (exact) mass is 365 g/mol. The zero-order valence-corrected chi connectivity index (χ0v) is 14.1. The summed E-state index contributed by atoms with van der Waals surface area (Å²) in [6, 6.07) is 6.48. The van der Waals surface area contributed by atoms with Crippen molar-refractivity contribution in [2.75, 3.05) is 19.0 Å². The molecule has 2 aromatic rings. The van der Waals surface area contributed by atoms with Crippen LogP contribution in [0.5, 0.6) is 5.75 Å². The number of methoxy groups -OCH3 is 1. The molecule has 0 heterocycles. The number of hydrogen-bond acceptors (Lipinski definition) is 5. The number of ether oxygens (including phenoxy) is 1. The van der Waals surface area contributed by atoms with Crippen LogP contribution in [0.2, 0.25) is 0 Å². The molecule has 2 aromatic carbocycles. The van der Waals surface area contributed by atoms with Gasteiger partial charge in [-0.1, -0.05) is 6.07 Å². The highest BCUT2D eigenvalue weighted by Gasteiger charge is 2.15. The molecule has 9 heteroatoms. The van der Waals surface area contributed by atoms with Crippen molar-refractivity contribution >= 4 is 17.3 Å². The minimum Gasteiger partial charge on any atom is -0.494 e. The molecule has 0 saturated carbocycles. The summed E-state index contributed by atoms with van der Waals surface area (Å²) in [6.07, 6.45) is 0. The van der Waals surface area contributed by atoms with E-state index in [0.29, 0.717) is 0 Å². The topological polar surface area (TPSA) is 93.5 Å². The fourth-order valence-corrected chi connectivity index (χ4v) is 2.30. The molecular weight excluding hydrogens is 348 g/mol. The molecule has 2 N–H and O–H groups in total. The first-order chi connectivity index (χ1) is 12.3. The third-order valence-electron chi connectivity index (χ3n) is 3.67. The van der Waals surface area contributed by atoms with Crippen LogP contribution in [0.1, 0.15) is 18.5 Å². The van der Waals surface area contributed by atoms with Crippen molar-refractivity contribution in [3.8, 4) is 5.75 Å². The second-order valence-corrected chi connectivity index (χ2v) is 5.46. The zero-order valence-electron chi connectivity index (χ0n) is 14.1. The van der Waals surface area contributed by atoms with E-state index in [2.05, 4.69) is 10.6 Å². The molecule has 0 bridgehead atoms. The first-order valence-electron chi connectivity index (χ1n) is 7.62. The van der Waals surface area contributed by atoms with E-state index in [4.69, 9.17) is 4.74 Å². The molecule has 0 aliphatic carbocycles. The molecule has 0 aliphatic heterocycles. The summed E-state index contributed by atoms with van der Waals surface area (Å²) >= 11 is 0. The second-order valence-electron chi connectivity index (χ2n) is 5.46. The first kappa shape index (κ1) is 19.3. The van der Waals surface area contributed by atoms with Gasteiger partial charge in [-0.15, -0.1) is 0 Å². The highest BCUT2D eigenvalue weighted by Crippen LogP contribution is 2.28. The Labute approximate surface area is 148 Å². The van der Waals surface area contributed by atoms with Gasteiger partial charge in [0.2, 0.25) is 5.91 Å². The van der Waals surface area contributed by atoms with Gasteiger partial charge in [-0.05, 0) is 19.1 Å². The number of rotatable bonds is 7. The summed E-state index contributed by atoms with van der Waals surface area (Å²) in [7, 11) is 1.33. The summed E-state index contributed by atoms with van der Waals surface area (Å²) < 4.78 is 31.7. The van der Waals surface area contributed by atoms with Crippen molar-refractivity contribution in [1.29, 1.82) is 0 Å². The first-order valence-corrected chi connectivity index (χ1v) is 7.62. The van der Waals surface area contributed by atoms with E-state index < -0.39 is 28.5 Å². The molecule has 0 radical (unpaired) electrons. The predicted molar refractivity (Wildman–Crippen MR) is 91.1 cm³/mol. The zero-order chi connectivity index (χ0) is 19.3. The maximum absolute atomic E-state index is 13.7. The second kappa shape index (κ2) is 8.34. The fourth-order valence-electron chi connectivity index (χ4n) is 2.30. The molecule has 138 valence electrons. The maximum Gasteiger partial charge on any atom is 0.273 e. The van der Waals surface area contributed by atoms with Gasteiger partial charge in [0.05, 0.1) is 30.3 Å². The van der Waals surface area contributed by atoms with Gasteiger partial charge in [0.25, 0.3) is 5.69 Å². The van der Waals surface area contributed by atoms with Gasteiger partial charge in [0, 0.05) is 23.7 Å².